The maximum Gasteiger partial charge on any atom is 0.339 e. The number of halogens is 1. The Morgan fingerprint density at radius 3 is 2.52 bits per heavy atom. The van der Waals surface area contributed by atoms with E-state index < -0.39 is 17.8 Å². The molecule has 31 heavy (non-hydrogen) atoms. The SMILES string of the molecule is COC(=O)c1ccc(C(=O)OC)c(NC(=O)CSc2nnc(-c3ccccc3Br)o2)c1. The maximum absolute atomic E-state index is 12.4. The summed E-state index contributed by atoms with van der Waals surface area (Å²) in [6.07, 6.45) is 0. The number of aromatic nitrogens is 2. The molecule has 0 saturated heterocycles. The van der Waals surface area contributed by atoms with Crippen molar-refractivity contribution in [1.82, 2.24) is 10.2 Å². The van der Waals surface area contributed by atoms with Crippen LogP contribution in [0.1, 0.15) is 20.7 Å². The zero-order valence-corrected chi connectivity index (χ0v) is 18.8. The zero-order chi connectivity index (χ0) is 22.4. The standard InChI is InChI=1S/C20H16BrN3O6S/c1-28-18(26)11-7-8-13(19(27)29-2)15(9-11)22-16(25)10-31-20-24-23-17(30-20)12-5-3-4-6-14(12)21/h3-9H,10H2,1-2H3,(H,22,25). The molecule has 3 rings (SSSR count). The largest absolute Gasteiger partial charge is 0.465 e. The van der Waals surface area contributed by atoms with Gasteiger partial charge in [-0.1, -0.05) is 23.9 Å². The van der Waals surface area contributed by atoms with E-state index in [1.807, 2.05) is 24.3 Å². The summed E-state index contributed by atoms with van der Waals surface area (Å²) >= 11 is 4.45. The van der Waals surface area contributed by atoms with Gasteiger partial charge in [-0.15, -0.1) is 10.2 Å². The lowest BCUT2D eigenvalue weighted by molar-refractivity contribution is -0.113. The van der Waals surface area contributed by atoms with Gasteiger partial charge in [0, 0.05) is 4.47 Å². The average Bonchev–Trinajstić information content (AvgIpc) is 3.25. The van der Waals surface area contributed by atoms with Crippen LogP contribution in [0.15, 0.2) is 56.6 Å². The number of ether oxygens (including phenoxy) is 2. The molecule has 0 aliphatic carbocycles. The summed E-state index contributed by atoms with van der Waals surface area (Å²) in [4.78, 5) is 36.2. The van der Waals surface area contributed by atoms with Gasteiger partial charge in [-0.2, -0.15) is 0 Å². The predicted molar refractivity (Wildman–Crippen MR) is 116 cm³/mol. The second-order valence-corrected chi connectivity index (χ2v) is 7.71. The summed E-state index contributed by atoms with van der Waals surface area (Å²) in [7, 11) is 2.45. The maximum atomic E-state index is 12.4. The van der Waals surface area contributed by atoms with Gasteiger partial charge in [0.2, 0.25) is 11.8 Å². The molecule has 0 atom stereocenters. The number of hydrogen-bond acceptors (Lipinski definition) is 9. The smallest absolute Gasteiger partial charge is 0.339 e. The quantitative estimate of drug-likeness (QED) is 0.377. The van der Waals surface area contributed by atoms with Crippen LogP contribution in [0.3, 0.4) is 0 Å². The molecule has 0 radical (unpaired) electrons. The molecule has 0 aliphatic heterocycles. The summed E-state index contributed by atoms with van der Waals surface area (Å²) in [5.41, 5.74) is 1.13. The number of hydrogen-bond donors (Lipinski definition) is 1. The molecule has 0 fully saturated rings. The molecule has 0 saturated carbocycles. The first kappa shape index (κ1) is 22.5. The van der Waals surface area contributed by atoms with Crippen LogP contribution < -0.4 is 5.32 Å². The van der Waals surface area contributed by atoms with Crippen molar-refractivity contribution in [3.8, 4) is 11.5 Å². The van der Waals surface area contributed by atoms with Crippen LogP contribution in [0.25, 0.3) is 11.5 Å². The van der Waals surface area contributed by atoms with E-state index in [9.17, 15) is 14.4 Å². The lowest BCUT2D eigenvalue weighted by Crippen LogP contribution is -2.18. The summed E-state index contributed by atoms with van der Waals surface area (Å²) in [5, 5.41) is 10.7. The normalized spacial score (nSPS) is 10.4. The number of methoxy groups -OCH3 is 2. The van der Waals surface area contributed by atoms with Crippen molar-refractivity contribution in [2.75, 3.05) is 25.3 Å². The van der Waals surface area contributed by atoms with Crippen LogP contribution in [0.5, 0.6) is 0 Å². The monoisotopic (exact) mass is 505 g/mol. The second-order valence-electron chi connectivity index (χ2n) is 5.93. The first-order chi connectivity index (χ1) is 14.9. The summed E-state index contributed by atoms with van der Waals surface area (Å²) in [5.74, 6) is -1.46. The molecule has 3 aromatic rings. The van der Waals surface area contributed by atoms with Crippen molar-refractivity contribution in [2.24, 2.45) is 0 Å². The third kappa shape index (κ3) is 5.50. The van der Waals surface area contributed by atoms with E-state index >= 15 is 0 Å². The highest BCUT2D eigenvalue weighted by molar-refractivity contribution is 9.10. The number of carbonyl (C=O) groups excluding carboxylic acids is 3. The first-order valence-electron chi connectivity index (χ1n) is 8.74. The lowest BCUT2D eigenvalue weighted by atomic mass is 10.1. The number of amides is 1. The van der Waals surface area contributed by atoms with E-state index in [0.717, 1.165) is 21.8 Å². The fourth-order valence-corrected chi connectivity index (χ4v) is 3.52. The molecule has 1 N–H and O–H groups in total. The van der Waals surface area contributed by atoms with Crippen molar-refractivity contribution in [2.45, 2.75) is 5.22 Å². The minimum atomic E-state index is -0.658. The molecule has 0 aliphatic rings. The fourth-order valence-electron chi connectivity index (χ4n) is 2.51. The van der Waals surface area contributed by atoms with E-state index in [1.54, 1.807) is 0 Å². The molecule has 11 heteroatoms. The van der Waals surface area contributed by atoms with E-state index in [0.29, 0.717) is 5.89 Å². The van der Waals surface area contributed by atoms with Gasteiger partial charge in [0.1, 0.15) is 0 Å². The number of nitrogens with zero attached hydrogens (tertiary/aromatic N) is 2. The van der Waals surface area contributed by atoms with E-state index in [2.05, 4.69) is 36.2 Å². The van der Waals surface area contributed by atoms with Gasteiger partial charge < -0.3 is 19.2 Å². The molecular formula is C20H16BrN3O6S. The molecule has 2 aromatic carbocycles. The Balaban J connectivity index is 1.70. The van der Waals surface area contributed by atoms with Crippen LogP contribution >= 0.6 is 27.7 Å². The Morgan fingerprint density at radius 2 is 1.81 bits per heavy atom. The first-order valence-corrected chi connectivity index (χ1v) is 10.5. The van der Waals surface area contributed by atoms with E-state index in [1.165, 1.54) is 32.4 Å². The van der Waals surface area contributed by atoms with Gasteiger partial charge in [0.05, 0.1) is 42.4 Å². The molecule has 1 aromatic heterocycles. The van der Waals surface area contributed by atoms with E-state index in [4.69, 9.17) is 9.15 Å². The van der Waals surface area contributed by atoms with Gasteiger partial charge in [-0.25, -0.2) is 9.59 Å². The lowest BCUT2D eigenvalue weighted by Gasteiger charge is -2.11. The Labute approximate surface area is 189 Å². The Kier molecular flexibility index (Phi) is 7.42. The highest BCUT2D eigenvalue weighted by Gasteiger charge is 2.18. The molecule has 0 unspecified atom stereocenters. The Hall–Kier alpha value is -3.18. The Morgan fingerprint density at radius 1 is 1.06 bits per heavy atom. The van der Waals surface area contributed by atoms with Crippen molar-refractivity contribution < 1.29 is 28.3 Å². The molecule has 9 nitrogen and oxygen atoms in total. The van der Waals surface area contributed by atoms with Crippen LogP contribution in [0.4, 0.5) is 5.69 Å². The molecular weight excluding hydrogens is 490 g/mol. The van der Waals surface area contributed by atoms with E-state index in [-0.39, 0.29) is 27.8 Å². The second kappa shape index (κ2) is 10.2. The molecule has 0 bridgehead atoms. The van der Waals surface area contributed by atoms with Gasteiger partial charge in [0.25, 0.3) is 5.22 Å². The number of anilines is 1. The topological polar surface area (TPSA) is 121 Å². The van der Waals surface area contributed by atoms with Crippen molar-refractivity contribution in [3.05, 3.63) is 58.1 Å². The number of rotatable bonds is 7. The van der Waals surface area contributed by atoms with Crippen molar-refractivity contribution in [3.63, 3.8) is 0 Å². The van der Waals surface area contributed by atoms with Gasteiger partial charge in [0.15, 0.2) is 0 Å². The summed E-state index contributed by atoms with van der Waals surface area (Å²) in [6, 6.07) is 11.5. The van der Waals surface area contributed by atoms with Gasteiger partial charge in [-0.3, -0.25) is 4.79 Å². The van der Waals surface area contributed by atoms with Crippen LogP contribution in [0, 0.1) is 0 Å². The van der Waals surface area contributed by atoms with Crippen LogP contribution in [-0.4, -0.2) is 48.0 Å². The molecule has 1 heterocycles. The van der Waals surface area contributed by atoms with Gasteiger partial charge >= 0.3 is 11.9 Å². The zero-order valence-electron chi connectivity index (χ0n) is 16.4. The molecule has 0 spiro atoms. The summed E-state index contributed by atoms with van der Waals surface area (Å²) < 4.78 is 15.8. The van der Waals surface area contributed by atoms with Crippen LogP contribution in [0.2, 0.25) is 0 Å². The summed E-state index contributed by atoms with van der Waals surface area (Å²) in [6.45, 7) is 0. The predicted octanol–water partition coefficient (Wildman–Crippen LogP) is 3.80. The van der Waals surface area contributed by atoms with Gasteiger partial charge in [-0.05, 0) is 46.3 Å². The Bertz CT molecular complexity index is 1130. The van der Waals surface area contributed by atoms with Crippen molar-refractivity contribution >= 4 is 51.2 Å². The minimum Gasteiger partial charge on any atom is -0.465 e. The van der Waals surface area contributed by atoms with Crippen molar-refractivity contribution in [1.29, 1.82) is 0 Å². The number of carbonyl (C=O) groups is 3. The number of esters is 2. The number of nitrogens with one attached hydrogen (secondary N) is 1. The fraction of sp³-hybridized carbons (Fsp3) is 0.150. The average molecular weight is 506 g/mol. The highest BCUT2D eigenvalue weighted by atomic mass is 79.9. The number of thioether (sulfide) groups is 1. The molecule has 1 amide bonds. The third-order valence-electron chi connectivity index (χ3n) is 3.96. The highest BCUT2D eigenvalue weighted by Crippen LogP contribution is 2.29. The molecule has 160 valence electrons. The number of benzene rings is 2. The van der Waals surface area contributed by atoms with Crippen LogP contribution in [-0.2, 0) is 14.3 Å². The third-order valence-corrected chi connectivity index (χ3v) is 5.47. The minimum absolute atomic E-state index is 0.0688.